The molecule has 0 aromatic heterocycles. The van der Waals surface area contributed by atoms with Gasteiger partial charge >= 0.3 is 0 Å². The second-order valence-electron chi connectivity index (χ2n) is 5.05. The van der Waals surface area contributed by atoms with Crippen molar-refractivity contribution >= 4 is 6.29 Å². The highest BCUT2D eigenvalue weighted by Crippen LogP contribution is 2.29. The number of benzene rings is 2. The summed E-state index contributed by atoms with van der Waals surface area (Å²) in [7, 11) is 3.22. The van der Waals surface area contributed by atoms with E-state index < -0.39 is 0 Å². The van der Waals surface area contributed by atoms with Gasteiger partial charge in [0.05, 0.1) is 14.2 Å². The molecule has 2 rings (SSSR count). The molecule has 0 spiro atoms. The summed E-state index contributed by atoms with van der Waals surface area (Å²) in [6.07, 6.45) is 1.65. The van der Waals surface area contributed by atoms with Crippen LogP contribution in [-0.2, 0) is 11.2 Å². The van der Waals surface area contributed by atoms with E-state index in [1.54, 1.807) is 14.2 Å². The molecule has 3 heteroatoms. The van der Waals surface area contributed by atoms with Gasteiger partial charge < -0.3 is 14.3 Å². The van der Waals surface area contributed by atoms with Crippen LogP contribution in [0.2, 0.25) is 0 Å². The lowest BCUT2D eigenvalue weighted by atomic mass is 9.92. The first-order valence-corrected chi connectivity index (χ1v) is 6.90. The molecule has 1 unspecified atom stereocenters. The normalized spacial score (nSPS) is 11.8. The molecule has 0 bridgehead atoms. The summed E-state index contributed by atoms with van der Waals surface area (Å²) in [5.74, 6) is 1.23. The minimum Gasteiger partial charge on any atom is -0.493 e. The first-order valence-electron chi connectivity index (χ1n) is 6.90. The van der Waals surface area contributed by atoms with Crippen LogP contribution in [-0.4, -0.2) is 20.5 Å². The zero-order valence-electron chi connectivity index (χ0n) is 12.6. The summed E-state index contributed by atoms with van der Waals surface area (Å²) in [6.45, 7) is 2.04. The Morgan fingerprint density at radius 1 is 1.00 bits per heavy atom. The van der Waals surface area contributed by atoms with Crippen LogP contribution >= 0.6 is 0 Å². The fourth-order valence-electron chi connectivity index (χ4n) is 2.32. The van der Waals surface area contributed by atoms with E-state index in [1.807, 2.05) is 49.4 Å². The number of methoxy groups -OCH3 is 2. The first-order chi connectivity index (χ1) is 10.2. The van der Waals surface area contributed by atoms with Crippen molar-refractivity contribution in [2.75, 3.05) is 14.2 Å². The lowest BCUT2D eigenvalue weighted by Crippen LogP contribution is -2.05. The SMILES string of the molecule is COc1ccc(CC(C=O)c2ccc(C)cc2)cc1OC. The molecule has 21 heavy (non-hydrogen) atoms. The van der Waals surface area contributed by atoms with E-state index in [1.165, 1.54) is 5.56 Å². The molecule has 2 aromatic carbocycles. The maximum atomic E-state index is 11.4. The van der Waals surface area contributed by atoms with Gasteiger partial charge in [-0.05, 0) is 36.6 Å². The van der Waals surface area contributed by atoms with Crippen molar-refractivity contribution in [2.45, 2.75) is 19.3 Å². The standard InChI is InChI=1S/C18H20O3/c1-13-4-7-15(8-5-13)16(12-19)10-14-6-9-17(20-2)18(11-14)21-3/h4-9,11-12,16H,10H2,1-3H3. The predicted molar refractivity (Wildman–Crippen MR) is 83.2 cm³/mol. The molecule has 110 valence electrons. The largest absolute Gasteiger partial charge is 0.493 e. The number of rotatable bonds is 6. The van der Waals surface area contributed by atoms with Gasteiger partial charge in [0.15, 0.2) is 11.5 Å². The number of carbonyl (C=O) groups is 1. The Balaban J connectivity index is 2.22. The Morgan fingerprint density at radius 3 is 2.24 bits per heavy atom. The number of ether oxygens (including phenoxy) is 2. The van der Waals surface area contributed by atoms with E-state index >= 15 is 0 Å². The molecule has 0 heterocycles. The van der Waals surface area contributed by atoms with Crippen LogP contribution in [0.5, 0.6) is 11.5 Å². The molecule has 0 radical (unpaired) electrons. The second-order valence-corrected chi connectivity index (χ2v) is 5.05. The zero-order valence-corrected chi connectivity index (χ0v) is 12.6. The van der Waals surface area contributed by atoms with Crippen molar-refractivity contribution in [3.05, 3.63) is 59.2 Å². The third-order valence-corrected chi connectivity index (χ3v) is 3.57. The lowest BCUT2D eigenvalue weighted by molar-refractivity contribution is -0.109. The highest BCUT2D eigenvalue weighted by molar-refractivity contribution is 5.63. The Hall–Kier alpha value is -2.29. The molecule has 0 aliphatic heterocycles. The molecular weight excluding hydrogens is 264 g/mol. The highest BCUT2D eigenvalue weighted by atomic mass is 16.5. The van der Waals surface area contributed by atoms with Gasteiger partial charge in [0, 0.05) is 5.92 Å². The topological polar surface area (TPSA) is 35.5 Å². The molecule has 0 saturated heterocycles. The molecule has 0 N–H and O–H groups in total. The van der Waals surface area contributed by atoms with Crippen LogP contribution in [0.4, 0.5) is 0 Å². The van der Waals surface area contributed by atoms with E-state index in [9.17, 15) is 4.79 Å². The van der Waals surface area contributed by atoms with Gasteiger partial charge in [-0.1, -0.05) is 35.9 Å². The van der Waals surface area contributed by atoms with Crippen LogP contribution in [0.25, 0.3) is 0 Å². The molecule has 2 aromatic rings. The van der Waals surface area contributed by atoms with E-state index in [4.69, 9.17) is 9.47 Å². The molecule has 0 aliphatic rings. The predicted octanol–water partition coefficient (Wildman–Crippen LogP) is 3.54. The fraction of sp³-hybridized carbons (Fsp3) is 0.278. The Kier molecular flexibility index (Phi) is 4.99. The lowest BCUT2D eigenvalue weighted by Gasteiger charge is -2.13. The number of carbonyl (C=O) groups excluding carboxylic acids is 1. The third-order valence-electron chi connectivity index (χ3n) is 3.57. The van der Waals surface area contributed by atoms with E-state index in [2.05, 4.69) is 0 Å². The highest BCUT2D eigenvalue weighted by Gasteiger charge is 2.13. The van der Waals surface area contributed by atoms with Gasteiger partial charge in [0.1, 0.15) is 6.29 Å². The molecule has 1 atom stereocenters. The van der Waals surface area contributed by atoms with Gasteiger partial charge in [-0.3, -0.25) is 0 Å². The maximum absolute atomic E-state index is 11.4. The summed E-state index contributed by atoms with van der Waals surface area (Å²) in [4.78, 5) is 11.4. The van der Waals surface area contributed by atoms with Crippen LogP contribution in [0.3, 0.4) is 0 Å². The number of hydrogen-bond donors (Lipinski definition) is 0. The zero-order chi connectivity index (χ0) is 15.2. The Morgan fingerprint density at radius 2 is 1.67 bits per heavy atom. The minimum atomic E-state index is -0.149. The van der Waals surface area contributed by atoms with E-state index in [-0.39, 0.29) is 5.92 Å². The van der Waals surface area contributed by atoms with Crippen molar-refractivity contribution in [3.8, 4) is 11.5 Å². The van der Waals surface area contributed by atoms with Gasteiger partial charge in [-0.25, -0.2) is 0 Å². The maximum Gasteiger partial charge on any atom is 0.160 e. The summed E-state index contributed by atoms with van der Waals surface area (Å²) in [5.41, 5.74) is 3.27. The van der Waals surface area contributed by atoms with Crippen molar-refractivity contribution in [1.29, 1.82) is 0 Å². The Labute approximate surface area is 125 Å². The summed E-state index contributed by atoms with van der Waals surface area (Å²) < 4.78 is 10.5. The van der Waals surface area contributed by atoms with Crippen LogP contribution in [0, 0.1) is 6.92 Å². The van der Waals surface area contributed by atoms with E-state index in [0.717, 1.165) is 17.4 Å². The molecule has 0 aliphatic carbocycles. The first kappa shape index (κ1) is 15.1. The Bertz CT molecular complexity index is 602. The number of aldehydes is 1. The molecule has 0 saturated carbocycles. The van der Waals surface area contributed by atoms with Crippen molar-refractivity contribution in [2.24, 2.45) is 0 Å². The van der Waals surface area contributed by atoms with Gasteiger partial charge in [-0.2, -0.15) is 0 Å². The average Bonchev–Trinajstić information content (AvgIpc) is 2.53. The fourth-order valence-corrected chi connectivity index (χ4v) is 2.32. The minimum absolute atomic E-state index is 0.149. The molecule has 0 amide bonds. The second kappa shape index (κ2) is 6.93. The smallest absolute Gasteiger partial charge is 0.160 e. The molecule has 0 fully saturated rings. The van der Waals surface area contributed by atoms with E-state index in [0.29, 0.717) is 17.9 Å². The third kappa shape index (κ3) is 3.63. The van der Waals surface area contributed by atoms with Crippen LogP contribution in [0.1, 0.15) is 22.6 Å². The van der Waals surface area contributed by atoms with Crippen molar-refractivity contribution < 1.29 is 14.3 Å². The van der Waals surface area contributed by atoms with Gasteiger partial charge in [0.25, 0.3) is 0 Å². The van der Waals surface area contributed by atoms with Crippen LogP contribution in [0.15, 0.2) is 42.5 Å². The van der Waals surface area contributed by atoms with Crippen LogP contribution < -0.4 is 9.47 Å². The summed E-state index contributed by atoms with van der Waals surface area (Å²) >= 11 is 0. The van der Waals surface area contributed by atoms with Crippen molar-refractivity contribution in [1.82, 2.24) is 0 Å². The van der Waals surface area contributed by atoms with Gasteiger partial charge in [0.2, 0.25) is 0 Å². The number of hydrogen-bond acceptors (Lipinski definition) is 3. The number of aryl methyl sites for hydroxylation is 1. The quantitative estimate of drug-likeness (QED) is 0.761. The molecule has 3 nitrogen and oxygen atoms in total. The monoisotopic (exact) mass is 284 g/mol. The average molecular weight is 284 g/mol. The summed E-state index contributed by atoms with van der Waals surface area (Å²) in [5, 5.41) is 0. The molecular formula is C18H20O3. The van der Waals surface area contributed by atoms with Crippen molar-refractivity contribution in [3.63, 3.8) is 0 Å². The van der Waals surface area contributed by atoms with Gasteiger partial charge in [-0.15, -0.1) is 0 Å². The summed E-state index contributed by atoms with van der Waals surface area (Å²) in [6, 6.07) is 13.8.